The third kappa shape index (κ3) is 3.67. The average Bonchev–Trinajstić information content (AvgIpc) is 2.25. The first-order valence-corrected chi connectivity index (χ1v) is 6.02. The SMILES string of the molecule is CCC(=Cc1ccc(C(F)(F)F)cc1)CBr. The van der Waals surface area contributed by atoms with E-state index in [1.807, 2.05) is 13.0 Å². The second-order valence-corrected chi connectivity index (χ2v) is 3.97. The molecule has 1 rings (SSSR count). The van der Waals surface area contributed by atoms with E-state index in [9.17, 15) is 13.2 Å². The van der Waals surface area contributed by atoms with Gasteiger partial charge in [0.1, 0.15) is 0 Å². The minimum atomic E-state index is -4.26. The molecule has 0 aliphatic rings. The van der Waals surface area contributed by atoms with Gasteiger partial charge in [-0.25, -0.2) is 0 Å². The van der Waals surface area contributed by atoms with E-state index in [0.29, 0.717) is 0 Å². The van der Waals surface area contributed by atoms with E-state index in [4.69, 9.17) is 0 Å². The number of alkyl halides is 4. The van der Waals surface area contributed by atoms with Crippen LogP contribution in [0.5, 0.6) is 0 Å². The van der Waals surface area contributed by atoms with Crippen LogP contribution in [0.3, 0.4) is 0 Å². The minimum absolute atomic E-state index is 0.610. The van der Waals surface area contributed by atoms with Gasteiger partial charge >= 0.3 is 6.18 Å². The zero-order chi connectivity index (χ0) is 12.2. The molecule has 0 atom stereocenters. The second-order valence-electron chi connectivity index (χ2n) is 3.41. The fourth-order valence-corrected chi connectivity index (χ4v) is 1.80. The Kier molecular flexibility index (Phi) is 4.59. The van der Waals surface area contributed by atoms with Gasteiger partial charge in [-0.15, -0.1) is 0 Å². The number of halogens is 4. The van der Waals surface area contributed by atoms with Crippen LogP contribution < -0.4 is 0 Å². The molecule has 0 spiro atoms. The molecule has 0 aliphatic heterocycles. The van der Waals surface area contributed by atoms with Crippen LogP contribution in [0.2, 0.25) is 0 Å². The molecule has 16 heavy (non-hydrogen) atoms. The Labute approximate surface area is 101 Å². The van der Waals surface area contributed by atoms with E-state index < -0.39 is 11.7 Å². The molecular weight excluding hydrogens is 281 g/mol. The summed E-state index contributed by atoms with van der Waals surface area (Å²) in [6, 6.07) is 5.18. The standard InChI is InChI=1S/C12H12BrF3/c1-2-9(8-13)7-10-3-5-11(6-4-10)12(14,15)16/h3-7H,2,8H2,1H3. The third-order valence-electron chi connectivity index (χ3n) is 2.23. The van der Waals surface area contributed by atoms with E-state index in [0.717, 1.165) is 35.0 Å². The van der Waals surface area contributed by atoms with E-state index in [1.165, 1.54) is 12.1 Å². The number of rotatable bonds is 3. The molecule has 0 bridgehead atoms. The lowest BCUT2D eigenvalue weighted by atomic mass is 10.1. The molecule has 0 fully saturated rings. The molecule has 0 unspecified atom stereocenters. The lowest BCUT2D eigenvalue weighted by molar-refractivity contribution is -0.137. The topological polar surface area (TPSA) is 0 Å². The first-order valence-electron chi connectivity index (χ1n) is 4.90. The summed E-state index contributed by atoms with van der Waals surface area (Å²) in [5, 5.41) is 0.741. The van der Waals surface area contributed by atoms with Crippen LogP contribution in [0.4, 0.5) is 13.2 Å². The molecule has 4 heteroatoms. The highest BCUT2D eigenvalue weighted by Crippen LogP contribution is 2.29. The van der Waals surface area contributed by atoms with Crippen molar-refractivity contribution in [3.8, 4) is 0 Å². The average molecular weight is 293 g/mol. The minimum Gasteiger partial charge on any atom is -0.166 e. The predicted molar refractivity (Wildman–Crippen MR) is 63.5 cm³/mol. The van der Waals surface area contributed by atoms with Gasteiger partial charge in [-0.3, -0.25) is 0 Å². The Balaban J connectivity index is 2.91. The molecule has 0 saturated carbocycles. The van der Waals surface area contributed by atoms with Crippen LogP contribution in [-0.2, 0) is 6.18 Å². The molecule has 0 N–H and O–H groups in total. The second kappa shape index (κ2) is 5.53. The van der Waals surface area contributed by atoms with Gasteiger partial charge < -0.3 is 0 Å². The highest BCUT2D eigenvalue weighted by atomic mass is 79.9. The van der Waals surface area contributed by atoms with Crippen molar-refractivity contribution in [1.29, 1.82) is 0 Å². The van der Waals surface area contributed by atoms with Gasteiger partial charge in [0.15, 0.2) is 0 Å². The molecule has 0 amide bonds. The molecule has 0 aromatic heterocycles. The van der Waals surface area contributed by atoms with Gasteiger partial charge in [0.05, 0.1) is 5.56 Å². The molecule has 0 radical (unpaired) electrons. The summed E-state index contributed by atoms with van der Waals surface area (Å²) in [6.45, 7) is 2.01. The predicted octanol–water partition coefficient (Wildman–Crippen LogP) is 4.89. The van der Waals surface area contributed by atoms with Crippen LogP contribution >= 0.6 is 15.9 Å². The number of allylic oxidation sites excluding steroid dienone is 1. The fraction of sp³-hybridized carbons (Fsp3) is 0.333. The first kappa shape index (κ1) is 13.3. The van der Waals surface area contributed by atoms with Crippen molar-refractivity contribution in [1.82, 2.24) is 0 Å². The molecule has 0 saturated heterocycles. The monoisotopic (exact) mass is 292 g/mol. The molecule has 88 valence electrons. The molecule has 1 aromatic carbocycles. The summed E-state index contributed by atoms with van der Waals surface area (Å²) in [5.41, 5.74) is 1.34. The van der Waals surface area contributed by atoms with E-state index >= 15 is 0 Å². The molecule has 0 heterocycles. The van der Waals surface area contributed by atoms with Crippen molar-refractivity contribution >= 4 is 22.0 Å². The van der Waals surface area contributed by atoms with E-state index in [2.05, 4.69) is 15.9 Å². The maximum Gasteiger partial charge on any atom is 0.416 e. The first-order chi connectivity index (χ1) is 7.47. The van der Waals surface area contributed by atoms with Crippen molar-refractivity contribution < 1.29 is 13.2 Å². The van der Waals surface area contributed by atoms with Crippen molar-refractivity contribution in [3.05, 3.63) is 41.0 Å². The Hall–Kier alpha value is -0.770. The molecular formula is C12H12BrF3. The third-order valence-corrected chi connectivity index (χ3v) is 2.95. The fourth-order valence-electron chi connectivity index (χ4n) is 1.24. The van der Waals surface area contributed by atoms with Gasteiger partial charge in [-0.2, -0.15) is 13.2 Å². The van der Waals surface area contributed by atoms with Gasteiger partial charge in [0, 0.05) is 5.33 Å². The largest absolute Gasteiger partial charge is 0.416 e. The zero-order valence-electron chi connectivity index (χ0n) is 8.81. The van der Waals surface area contributed by atoms with E-state index in [1.54, 1.807) is 0 Å². The summed E-state index contributed by atoms with van der Waals surface area (Å²) < 4.78 is 36.9. The van der Waals surface area contributed by atoms with Gasteiger partial charge in [-0.1, -0.05) is 46.6 Å². The molecule has 0 aliphatic carbocycles. The maximum atomic E-state index is 12.3. The summed E-state index contributed by atoms with van der Waals surface area (Å²) in [4.78, 5) is 0. The van der Waals surface area contributed by atoms with Crippen molar-refractivity contribution in [2.75, 3.05) is 5.33 Å². The maximum absolute atomic E-state index is 12.3. The van der Waals surface area contributed by atoms with Crippen LogP contribution in [0, 0.1) is 0 Å². The highest BCUT2D eigenvalue weighted by molar-refractivity contribution is 9.09. The summed E-state index contributed by atoms with van der Waals surface area (Å²) in [7, 11) is 0. The molecule has 0 nitrogen and oxygen atoms in total. The number of hydrogen-bond donors (Lipinski definition) is 0. The quantitative estimate of drug-likeness (QED) is 0.696. The van der Waals surface area contributed by atoms with E-state index in [-0.39, 0.29) is 0 Å². The zero-order valence-corrected chi connectivity index (χ0v) is 10.4. The van der Waals surface area contributed by atoms with Crippen LogP contribution in [0.15, 0.2) is 29.8 Å². The number of hydrogen-bond acceptors (Lipinski definition) is 0. The molecule has 1 aromatic rings. The highest BCUT2D eigenvalue weighted by Gasteiger charge is 2.29. The lowest BCUT2D eigenvalue weighted by Gasteiger charge is -2.06. The summed E-state index contributed by atoms with van der Waals surface area (Å²) in [6.07, 6.45) is -1.48. The lowest BCUT2D eigenvalue weighted by Crippen LogP contribution is -2.04. The number of benzene rings is 1. The van der Waals surface area contributed by atoms with Gasteiger partial charge in [-0.05, 0) is 24.1 Å². The van der Waals surface area contributed by atoms with Gasteiger partial charge in [0.2, 0.25) is 0 Å². The van der Waals surface area contributed by atoms with Crippen LogP contribution in [-0.4, -0.2) is 5.33 Å². The van der Waals surface area contributed by atoms with Crippen LogP contribution in [0.1, 0.15) is 24.5 Å². The van der Waals surface area contributed by atoms with Crippen molar-refractivity contribution in [3.63, 3.8) is 0 Å². The van der Waals surface area contributed by atoms with Gasteiger partial charge in [0.25, 0.3) is 0 Å². The Morgan fingerprint density at radius 2 is 1.81 bits per heavy atom. The van der Waals surface area contributed by atoms with Crippen molar-refractivity contribution in [2.45, 2.75) is 19.5 Å². The normalized spacial score (nSPS) is 12.9. The Morgan fingerprint density at radius 1 is 1.25 bits per heavy atom. The van der Waals surface area contributed by atoms with Crippen molar-refractivity contribution in [2.24, 2.45) is 0 Å². The summed E-state index contributed by atoms with van der Waals surface area (Å²) >= 11 is 3.33. The Morgan fingerprint density at radius 3 is 2.19 bits per heavy atom. The summed E-state index contributed by atoms with van der Waals surface area (Å²) in [5.74, 6) is 0. The Bertz CT molecular complexity index is 357. The smallest absolute Gasteiger partial charge is 0.166 e. The van der Waals surface area contributed by atoms with Crippen LogP contribution in [0.25, 0.3) is 6.08 Å².